The fraction of sp³-hybridized carbons (Fsp3) is 0.136. The molecular weight excluding hydrogens is 313 g/mol. The second-order valence-corrected chi connectivity index (χ2v) is 6.09. The SMILES string of the molecule is Cc1ccc([C@H](NC(=O)Cc2ccccc2F)c2ccccc2)cc1. The van der Waals surface area contributed by atoms with Crippen LogP contribution in [0.4, 0.5) is 4.39 Å². The Morgan fingerprint density at radius 2 is 1.48 bits per heavy atom. The average Bonchev–Trinajstić information content (AvgIpc) is 2.63. The summed E-state index contributed by atoms with van der Waals surface area (Å²) in [6, 6.07) is 24.0. The first-order valence-electron chi connectivity index (χ1n) is 8.28. The summed E-state index contributed by atoms with van der Waals surface area (Å²) in [5, 5.41) is 3.04. The maximum absolute atomic E-state index is 13.8. The molecule has 0 saturated heterocycles. The van der Waals surface area contributed by atoms with Crippen molar-refractivity contribution in [3.8, 4) is 0 Å². The number of rotatable bonds is 5. The third kappa shape index (κ3) is 4.32. The van der Waals surface area contributed by atoms with Crippen molar-refractivity contribution in [2.24, 2.45) is 0 Å². The third-order valence-corrected chi connectivity index (χ3v) is 4.16. The van der Waals surface area contributed by atoms with Crippen LogP contribution in [0.3, 0.4) is 0 Å². The van der Waals surface area contributed by atoms with Gasteiger partial charge in [0, 0.05) is 0 Å². The number of carbonyl (C=O) groups is 1. The highest BCUT2D eigenvalue weighted by atomic mass is 19.1. The van der Waals surface area contributed by atoms with Gasteiger partial charge in [-0.25, -0.2) is 4.39 Å². The molecule has 0 fully saturated rings. The molecule has 3 aromatic rings. The van der Waals surface area contributed by atoms with Crippen LogP contribution in [0, 0.1) is 12.7 Å². The molecule has 3 heteroatoms. The molecule has 0 saturated carbocycles. The van der Waals surface area contributed by atoms with Crippen molar-refractivity contribution in [2.75, 3.05) is 0 Å². The summed E-state index contributed by atoms with van der Waals surface area (Å²) >= 11 is 0. The van der Waals surface area contributed by atoms with E-state index < -0.39 is 0 Å². The molecule has 0 aliphatic rings. The van der Waals surface area contributed by atoms with E-state index in [0.717, 1.165) is 16.7 Å². The molecule has 126 valence electrons. The lowest BCUT2D eigenvalue weighted by atomic mass is 9.97. The number of halogens is 1. The molecule has 1 N–H and O–H groups in total. The fourth-order valence-corrected chi connectivity index (χ4v) is 2.79. The Balaban J connectivity index is 1.84. The molecule has 0 unspecified atom stereocenters. The highest BCUT2D eigenvalue weighted by Crippen LogP contribution is 2.22. The van der Waals surface area contributed by atoms with Crippen molar-refractivity contribution in [1.29, 1.82) is 0 Å². The van der Waals surface area contributed by atoms with Crippen LogP contribution in [0.1, 0.15) is 28.3 Å². The number of hydrogen-bond acceptors (Lipinski definition) is 1. The van der Waals surface area contributed by atoms with E-state index in [2.05, 4.69) is 5.32 Å². The first-order valence-corrected chi connectivity index (χ1v) is 8.28. The van der Waals surface area contributed by atoms with E-state index in [-0.39, 0.29) is 24.2 Å². The zero-order valence-electron chi connectivity index (χ0n) is 14.1. The van der Waals surface area contributed by atoms with Gasteiger partial charge in [0.15, 0.2) is 0 Å². The van der Waals surface area contributed by atoms with Gasteiger partial charge in [0.25, 0.3) is 0 Å². The van der Waals surface area contributed by atoms with Crippen LogP contribution in [-0.2, 0) is 11.2 Å². The molecule has 3 aromatic carbocycles. The number of amides is 1. The standard InChI is InChI=1S/C22H20FNO/c1-16-11-13-18(14-12-16)22(17-7-3-2-4-8-17)24-21(25)15-19-9-5-6-10-20(19)23/h2-14,22H,15H2,1H3,(H,24,25)/t22-/m1/s1. The van der Waals surface area contributed by atoms with Gasteiger partial charge >= 0.3 is 0 Å². The minimum absolute atomic E-state index is 0.0157. The number of nitrogens with one attached hydrogen (secondary N) is 1. The van der Waals surface area contributed by atoms with Gasteiger partial charge in [-0.2, -0.15) is 0 Å². The highest BCUT2D eigenvalue weighted by Gasteiger charge is 2.17. The molecule has 1 amide bonds. The van der Waals surface area contributed by atoms with E-state index >= 15 is 0 Å². The maximum atomic E-state index is 13.8. The van der Waals surface area contributed by atoms with Gasteiger partial charge in [0.05, 0.1) is 12.5 Å². The molecule has 0 aliphatic heterocycles. The van der Waals surface area contributed by atoms with E-state index in [1.165, 1.54) is 6.07 Å². The Kier molecular flexibility index (Phi) is 5.24. The zero-order valence-corrected chi connectivity index (χ0v) is 14.1. The van der Waals surface area contributed by atoms with Gasteiger partial charge in [-0.1, -0.05) is 78.4 Å². The largest absolute Gasteiger partial charge is 0.345 e. The molecule has 0 aliphatic carbocycles. The van der Waals surface area contributed by atoms with E-state index in [0.29, 0.717) is 5.56 Å². The molecule has 0 spiro atoms. The predicted molar refractivity (Wildman–Crippen MR) is 97.7 cm³/mol. The summed E-state index contributed by atoms with van der Waals surface area (Å²) in [4.78, 5) is 12.5. The summed E-state index contributed by atoms with van der Waals surface area (Å²) in [5.74, 6) is -0.566. The van der Waals surface area contributed by atoms with Gasteiger partial charge in [-0.05, 0) is 29.7 Å². The normalized spacial score (nSPS) is 11.8. The smallest absolute Gasteiger partial charge is 0.225 e. The van der Waals surface area contributed by atoms with Crippen molar-refractivity contribution in [2.45, 2.75) is 19.4 Å². The predicted octanol–water partition coefficient (Wildman–Crippen LogP) is 4.58. The number of carbonyl (C=O) groups excluding carboxylic acids is 1. The van der Waals surface area contributed by atoms with Crippen LogP contribution in [0.2, 0.25) is 0 Å². The van der Waals surface area contributed by atoms with Gasteiger partial charge in [0.2, 0.25) is 5.91 Å². The quantitative estimate of drug-likeness (QED) is 0.727. The van der Waals surface area contributed by atoms with Gasteiger partial charge in [-0.3, -0.25) is 4.79 Å². The van der Waals surface area contributed by atoms with Gasteiger partial charge in [0.1, 0.15) is 5.82 Å². The summed E-state index contributed by atoms with van der Waals surface area (Å²) in [6.07, 6.45) is 0.0157. The molecule has 0 heterocycles. The summed E-state index contributed by atoms with van der Waals surface area (Å²) in [5.41, 5.74) is 3.55. The van der Waals surface area contributed by atoms with Crippen LogP contribution in [0.5, 0.6) is 0 Å². The van der Waals surface area contributed by atoms with Crippen LogP contribution in [0.15, 0.2) is 78.9 Å². The van der Waals surface area contributed by atoms with E-state index in [1.54, 1.807) is 18.2 Å². The number of hydrogen-bond donors (Lipinski definition) is 1. The van der Waals surface area contributed by atoms with E-state index in [1.807, 2.05) is 61.5 Å². The Bertz CT molecular complexity index is 843. The van der Waals surface area contributed by atoms with Crippen molar-refractivity contribution >= 4 is 5.91 Å². The number of benzene rings is 3. The van der Waals surface area contributed by atoms with Crippen LogP contribution < -0.4 is 5.32 Å². The molecular formula is C22H20FNO. The van der Waals surface area contributed by atoms with Crippen LogP contribution in [0.25, 0.3) is 0 Å². The van der Waals surface area contributed by atoms with Gasteiger partial charge < -0.3 is 5.32 Å². The lowest BCUT2D eigenvalue weighted by Gasteiger charge is -2.20. The van der Waals surface area contributed by atoms with Crippen molar-refractivity contribution < 1.29 is 9.18 Å². The third-order valence-electron chi connectivity index (χ3n) is 4.16. The molecule has 0 radical (unpaired) electrons. The molecule has 1 atom stereocenters. The van der Waals surface area contributed by atoms with E-state index in [9.17, 15) is 9.18 Å². The van der Waals surface area contributed by atoms with Crippen LogP contribution in [-0.4, -0.2) is 5.91 Å². The Morgan fingerprint density at radius 1 is 0.880 bits per heavy atom. The molecule has 2 nitrogen and oxygen atoms in total. The Labute approximate surface area is 147 Å². The maximum Gasteiger partial charge on any atom is 0.225 e. The van der Waals surface area contributed by atoms with Crippen molar-refractivity contribution in [1.82, 2.24) is 5.32 Å². The Morgan fingerprint density at radius 3 is 2.16 bits per heavy atom. The Hall–Kier alpha value is -2.94. The first-order chi connectivity index (χ1) is 12.1. The number of aryl methyl sites for hydroxylation is 1. The monoisotopic (exact) mass is 333 g/mol. The summed E-state index contributed by atoms with van der Waals surface area (Å²) in [7, 11) is 0. The lowest BCUT2D eigenvalue weighted by molar-refractivity contribution is -0.121. The summed E-state index contributed by atoms with van der Waals surface area (Å²) in [6.45, 7) is 2.03. The van der Waals surface area contributed by atoms with Crippen molar-refractivity contribution in [3.05, 3.63) is 107 Å². The second-order valence-electron chi connectivity index (χ2n) is 6.09. The minimum Gasteiger partial charge on any atom is -0.345 e. The molecule has 0 bridgehead atoms. The summed E-state index contributed by atoms with van der Waals surface area (Å²) < 4.78 is 13.8. The zero-order chi connectivity index (χ0) is 17.6. The van der Waals surface area contributed by atoms with Crippen molar-refractivity contribution in [3.63, 3.8) is 0 Å². The van der Waals surface area contributed by atoms with E-state index in [4.69, 9.17) is 0 Å². The highest BCUT2D eigenvalue weighted by molar-refractivity contribution is 5.79. The van der Waals surface area contributed by atoms with Gasteiger partial charge in [-0.15, -0.1) is 0 Å². The minimum atomic E-state index is -0.357. The molecule has 25 heavy (non-hydrogen) atoms. The second kappa shape index (κ2) is 7.75. The first kappa shape index (κ1) is 16.9. The average molecular weight is 333 g/mol. The molecule has 0 aromatic heterocycles. The lowest BCUT2D eigenvalue weighted by Crippen LogP contribution is -2.30. The molecule has 3 rings (SSSR count). The van der Waals surface area contributed by atoms with Crippen LogP contribution >= 0.6 is 0 Å². The fourth-order valence-electron chi connectivity index (χ4n) is 2.79. The topological polar surface area (TPSA) is 29.1 Å².